The summed E-state index contributed by atoms with van der Waals surface area (Å²) < 4.78 is 66.1. The molecule has 1 saturated heterocycles. The molecule has 1 aliphatic heterocycles. The third kappa shape index (κ3) is 7.61. The SMILES string of the molecule is C[C@H](NC1(C(c2ccccc2)c2ccccc2)CCCCO1)C(=O)N[C@@H](CC(=O)O)C(=O)COc1c(F)c(F)cc(F)c1F. The summed E-state index contributed by atoms with van der Waals surface area (Å²) in [5.74, 6) is -12.3. The van der Waals surface area contributed by atoms with Crippen molar-refractivity contribution in [3.63, 3.8) is 0 Å². The van der Waals surface area contributed by atoms with Gasteiger partial charge in [-0.1, -0.05) is 60.7 Å². The highest BCUT2D eigenvalue weighted by Crippen LogP contribution is 2.41. The highest BCUT2D eigenvalue weighted by molar-refractivity contribution is 5.94. The molecule has 3 atom stereocenters. The number of ketones is 1. The van der Waals surface area contributed by atoms with Crippen LogP contribution < -0.4 is 15.4 Å². The van der Waals surface area contributed by atoms with Gasteiger partial charge in [-0.3, -0.25) is 19.7 Å². The number of carboxylic acid groups (broad SMARTS) is 1. The number of halogens is 4. The summed E-state index contributed by atoms with van der Waals surface area (Å²) in [6.45, 7) is 0.776. The lowest BCUT2D eigenvalue weighted by Crippen LogP contribution is -2.61. The molecule has 3 aromatic carbocycles. The van der Waals surface area contributed by atoms with E-state index in [0.717, 1.165) is 24.0 Å². The van der Waals surface area contributed by atoms with Crippen LogP contribution in [0.25, 0.3) is 0 Å². The fourth-order valence-corrected chi connectivity index (χ4v) is 5.33. The maximum Gasteiger partial charge on any atom is 0.305 e. The predicted octanol–water partition coefficient (Wildman–Crippen LogP) is 4.86. The molecule has 1 unspecified atom stereocenters. The lowest BCUT2D eigenvalue weighted by molar-refractivity contribution is -0.142. The summed E-state index contributed by atoms with van der Waals surface area (Å²) in [5, 5.41) is 15.0. The van der Waals surface area contributed by atoms with Crippen molar-refractivity contribution in [3.05, 3.63) is 101 Å². The number of rotatable bonds is 13. The molecular weight excluding hydrogens is 584 g/mol. The minimum absolute atomic E-state index is 0.0237. The first kappa shape index (κ1) is 32.6. The van der Waals surface area contributed by atoms with Gasteiger partial charge in [0.2, 0.25) is 17.5 Å². The number of aliphatic carboxylic acids is 1. The largest absolute Gasteiger partial charge is 0.481 e. The highest BCUT2D eigenvalue weighted by Gasteiger charge is 2.45. The van der Waals surface area contributed by atoms with Gasteiger partial charge in [0.15, 0.2) is 23.2 Å². The van der Waals surface area contributed by atoms with E-state index < -0.39 is 77.5 Å². The minimum atomic E-state index is -1.86. The first-order valence-electron chi connectivity index (χ1n) is 14.0. The topological polar surface area (TPSA) is 114 Å². The summed E-state index contributed by atoms with van der Waals surface area (Å²) >= 11 is 0. The highest BCUT2D eigenvalue weighted by atomic mass is 19.2. The maximum atomic E-state index is 14.0. The number of benzene rings is 3. The third-order valence-electron chi connectivity index (χ3n) is 7.40. The van der Waals surface area contributed by atoms with Gasteiger partial charge in [-0.2, -0.15) is 8.78 Å². The van der Waals surface area contributed by atoms with Crippen molar-refractivity contribution in [2.24, 2.45) is 0 Å². The Balaban J connectivity index is 1.55. The van der Waals surface area contributed by atoms with E-state index in [9.17, 15) is 37.1 Å². The second-order valence-electron chi connectivity index (χ2n) is 10.5. The van der Waals surface area contributed by atoms with E-state index in [1.165, 1.54) is 6.92 Å². The molecule has 44 heavy (non-hydrogen) atoms. The van der Waals surface area contributed by atoms with Gasteiger partial charge in [-0.05, 0) is 37.3 Å². The normalized spacial score (nSPS) is 18.0. The Morgan fingerprint density at radius 3 is 2.00 bits per heavy atom. The molecule has 12 heteroatoms. The second kappa shape index (κ2) is 14.5. The molecule has 0 aliphatic carbocycles. The van der Waals surface area contributed by atoms with E-state index in [-0.39, 0.29) is 12.0 Å². The number of carboxylic acids is 1. The number of amides is 1. The van der Waals surface area contributed by atoms with E-state index in [1.54, 1.807) is 0 Å². The Hall–Kier alpha value is -4.29. The van der Waals surface area contributed by atoms with Gasteiger partial charge in [0.1, 0.15) is 18.4 Å². The molecule has 1 amide bonds. The molecular formula is C32H32F4N2O6. The molecule has 4 rings (SSSR count). The van der Waals surface area contributed by atoms with E-state index in [2.05, 4.69) is 10.6 Å². The predicted molar refractivity (Wildman–Crippen MR) is 151 cm³/mol. The van der Waals surface area contributed by atoms with Crippen LogP contribution in [-0.2, 0) is 19.1 Å². The monoisotopic (exact) mass is 616 g/mol. The zero-order valence-corrected chi connectivity index (χ0v) is 23.8. The maximum absolute atomic E-state index is 14.0. The first-order chi connectivity index (χ1) is 21.0. The average Bonchev–Trinajstić information content (AvgIpc) is 3.01. The fourth-order valence-electron chi connectivity index (χ4n) is 5.33. The van der Waals surface area contributed by atoms with Crippen molar-refractivity contribution in [2.75, 3.05) is 13.2 Å². The fraction of sp³-hybridized carbons (Fsp3) is 0.344. The van der Waals surface area contributed by atoms with Crippen LogP contribution in [0.2, 0.25) is 0 Å². The second-order valence-corrected chi connectivity index (χ2v) is 10.5. The van der Waals surface area contributed by atoms with Crippen molar-refractivity contribution < 1.29 is 46.5 Å². The van der Waals surface area contributed by atoms with Crippen LogP contribution in [-0.4, -0.2) is 53.8 Å². The molecule has 1 aliphatic rings. The van der Waals surface area contributed by atoms with Crippen molar-refractivity contribution >= 4 is 17.7 Å². The molecule has 0 saturated carbocycles. The van der Waals surface area contributed by atoms with Gasteiger partial charge in [0, 0.05) is 12.7 Å². The van der Waals surface area contributed by atoms with Gasteiger partial charge in [-0.25, -0.2) is 8.78 Å². The Morgan fingerprint density at radius 2 is 1.50 bits per heavy atom. The lowest BCUT2D eigenvalue weighted by Gasteiger charge is -2.46. The van der Waals surface area contributed by atoms with E-state index in [4.69, 9.17) is 9.47 Å². The molecule has 0 bridgehead atoms. The Labute approximate surface area is 251 Å². The van der Waals surface area contributed by atoms with Gasteiger partial charge in [0.05, 0.1) is 18.4 Å². The van der Waals surface area contributed by atoms with Crippen LogP contribution in [0.4, 0.5) is 17.6 Å². The van der Waals surface area contributed by atoms with Crippen molar-refractivity contribution in [1.82, 2.24) is 10.6 Å². The van der Waals surface area contributed by atoms with E-state index in [1.807, 2.05) is 60.7 Å². The average molecular weight is 617 g/mol. The molecule has 1 heterocycles. The minimum Gasteiger partial charge on any atom is -0.481 e. The summed E-state index contributed by atoms with van der Waals surface area (Å²) in [5.41, 5.74) is 0.818. The van der Waals surface area contributed by atoms with Crippen molar-refractivity contribution in [2.45, 2.75) is 56.3 Å². The Kier molecular flexibility index (Phi) is 10.7. The van der Waals surface area contributed by atoms with Gasteiger partial charge in [-0.15, -0.1) is 0 Å². The van der Waals surface area contributed by atoms with E-state index in [0.29, 0.717) is 13.0 Å². The number of carbonyl (C=O) groups is 3. The number of hydrogen-bond donors (Lipinski definition) is 3. The van der Waals surface area contributed by atoms with Crippen LogP contribution in [0.5, 0.6) is 5.75 Å². The molecule has 1 fully saturated rings. The zero-order chi connectivity index (χ0) is 31.9. The zero-order valence-electron chi connectivity index (χ0n) is 23.8. The summed E-state index contributed by atoms with van der Waals surface area (Å²) in [7, 11) is 0. The first-order valence-corrected chi connectivity index (χ1v) is 14.0. The molecule has 0 spiro atoms. The van der Waals surface area contributed by atoms with E-state index >= 15 is 0 Å². The van der Waals surface area contributed by atoms with Crippen LogP contribution >= 0.6 is 0 Å². The van der Waals surface area contributed by atoms with Crippen molar-refractivity contribution in [1.29, 1.82) is 0 Å². The smallest absolute Gasteiger partial charge is 0.305 e. The number of ether oxygens (including phenoxy) is 2. The number of hydrogen-bond acceptors (Lipinski definition) is 6. The summed E-state index contributed by atoms with van der Waals surface area (Å²) in [6, 6.07) is 16.5. The molecule has 0 aromatic heterocycles. The number of nitrogens with one attached hydrogen (secondary N) is 2. The lowest BCUT2D eigenvalue weighted by atomic mass is 9.78. The van der Waals surface area contributed by atoms with Gasteiger partial charge < -0.3 is 19.9 Å². The van der Waals surface area contributed by atoms with Crippen LogP contribution in [0.3, 0.4) is 0 Å². The Morgan fingerprint density at radius 1 is 0.932 bits per heavy atom. The quantitative estimate of drug-likeness (QED) is 0.186. The number of carbonyl (C=O) groups excluding carboxylic acids is 2. The summed E-state index contributed by atoms with van der Waals surface area (Å²) in [4.78, 5) is 37.8. The summed E-state index contributed by atoms with van der Waals surface area (Å²) in [6.07, 6.45) is 1.25. The van der Waals surface area contributed by atoms with Crippen LogP contribution in [0, 0.1) is 23.3 Å². The van der Waals surface area contributed by atoms with Crippen molar-refractivity contribution in [3.8, 4) is 5.75 Å². The Bertz CT molecular complexity index is 1400. The molecule has 3 aromatic rings. The van der Waals surface area contributed by atoms with Crippen LogP contribution in [0.1, 0.15) is 49.7 Å². The molecule has 3 N–H and O–H groups in total. The molecule has 8 nitrogen and oxygen atoms in total. The van der Waals surface area contributed by atoms with Gasteiger partial charge >= 0.3 is 5.97 Å². The standard InChI is InChI=1S/C32H32F4N2O6/c1-19(31(42)37-24(17-26(40)41)25(39)18-43-30-28(35)22(33)16-23(34)29(30)36)38-32(14-8-9-15-44-32)27(20-10-4-2-5-11-20)21-12-6-3-7-13-21/h2-7,10-13,16,19,24,27,38H,8-9,14-15,17-18H2,1H3,(H,37,42)(H,40,41)/t19-,24-,32?/m0/s1. The molecule has 0 radical (unpaired) electrons. The third-order valence-corrected chi connectivity index (χ3v) is 7.40. The van der Waals surface area contributed by atoms with Gasteiger partial charge in [0.25, 0.3) is 0 Å². The number of Topliss-reactive ketones (excluding diaryl/α,β-unsaturated/α-hetero) is 1. The molecule has 234 valence electrons. The van der Waals surface area contributed by atoms with Crippen LogP contribution in [0.15, 0.2) is 66.7 Å².